The molecule has 0 aromatic rings. The van der Waals surface area contributed by atoms with Crippen LogP contribution in [0, 0.1) is 0 Å². The topological polar surface area (TPSA) is 26.0 Å². The Balaban J connectivity index is 4.38. The summed E-state index contributed by atoms with van der Waals surface area (Å²) in [4.78, 5) is 0. The highest BCUT2D eigenvalue weighted by atomic mass is 28.3. The molecule has 2 N–H and O–H groups in total. The smallest absolute Gasteiger partial charge is 0.0763 e. The number of rotatable bonds is 5. The van der Waals surface area contributed by atoms with Crippen LogP contribution in [-0.2, 0) is 0 Å². The molecule has 0 radical (unpaired) electrons. The Kier molecular flexibility index (Phi) is 4.69. The summed E-state index contributed by atoms with van der Waals surface area (Å²) in [7, 11) is -1.16. The Bertz CT molecular complexity index is 110. The Morgan fingerprint density at radius 1 is 1.27 bits per heavy atom. The van der Waals surface area contributed by atoms with E-state index in [-0.39, 0.29) is 0 Å². The first kappa shape index (κ1) is 10.9. The van der Waals surface area contributed by atoms with E-state index in [2.05, 4.69) is 27.4 Å². The minimum Gasteiger partial charge on any atom is -0.327 e. The fraction of sp³-hybridized carbons (Fsp3) is 0.778. The number of hydrogen-bond donors (Lipinski definition) is 1. The van der Waals surface area contributed by atoms with Crippen molar-refractivity contribution in [3.05, 3.63) is 12.7 Å². The summed E-state index contributed by atoms with van der Waals surface area (Å²) >= 11 is 0. The Morgan fingerprint density at radius 3 is 1.73 bits per heavy atom. The van der Waals surface area contributed by atoms with Gasteiger partial charge in [-0.3, -0.25) is 0 Å². The number of hydrogen-bond acceptors (Lipinski definition) is 1. The van der Waals surface area contributed by atoms with E-state index in [9.17, 15) is 0 Å². The molecule has 0 aliphatic heterocycles. The maximum atomic E-state index is 6.03. The summed E-state index contributed by atoms with van der Waals surface area (Å²) in [5.41, 5.74) is 6.32. The van der Waals surface area contributed by atoms with Gasteiger partial charge in [-0.25, -0.2) is 0 Å². The summed E-state index contributed by atoms with van der Waals surface area (Å²) in [6.45, 7) is 10.6. The standard InChI is InChI=1S/C9H21NSi/c1-5-9(10)11(6-2,7-3)8-4/h5,9H,1,6-8,10H2,2-4H3. The van der Waals surface area contributed by atoms with Crippen molar-refractivity contribution in [2.24, 2.45) is 5.73 Å². The molecule has 0 fully saturated rings. The molecule has 0 saturated carbocycles. The predicted molar refractivity (Wildman–Crippen MR) is 55.4 cm³/mol. The Labute approximate surface area is 71.7 Å². The molecule has 2 heteroatoms. The molecule has 0 saturated heterocycles. The first-order valence-corrected chi connectivity index (χ1v) is 7.24. The third-order valence-electron chi connectivity index (χ3n) is 3.07. The summed E-state index contributed by atoms with van der Waals surface area (Å²) in [6.07, 6.45) is 1.93. The van der Waals surface area contributed by atoms with Crippen molar-refractivity contribution in [2.45, 2.75) is 44.6 Å². The second kappa shape index (κ2) is 4.73. The van der Waals surface area contributed by atoms with Crippen LogP contribution in [0.5, 0.6) is 0 Å². The molecule has 1 atom stereocenters. The van der Waals surface area contributed by atoms with Crippen LogP contribution >= 0.6 is 0 Å². The average molecular weight is 171 g/mol. The largest absolute Gasteiger partial charge is 0.327 e. The molecule has 0 aromatic heterocycles. The fourth-order valence-corrected chi connectivity index (χ4v) is 5.12. The van der Waals surface area contributed by atoms with Gasteiger partial charge in [0.2, 0.25) is 0 Å². The molecule has 0 aromatic carbocycles. The van der Waals surface area contributed by atoms with Crippen LogP contribution in [0.25, 0.3) is 0 Å². The van der Waals surface area contributed by atoms with E-state index in [0.717, 1.165) is 0 Å². The van der Waals surface area contributed by atoms with E-state index in [1.54, 1.807) is 0 Å². The highest BCUT2D eigenvalue weighted by Gasteiger charge is 2.31. The fourth-order valence-electron chi connectivity index (χ4n) is 1.71. The third kappa shape index (κ3) is 2.17. The highest BCUT2D eigenvalue weighted by Crippen LogP contribution is 2.23. The van der Waals surface area contributed by atoms with Gasteiger partial charge in [0.15, 0.2) is 0 Å². The quantitative estimate of drug-likeness (QED) is 0.499. The second-order valence-corrected chi connectivity index (χ2v) is 8.70. The van der Waals surface area contributed by atoms with Crippen molar-refractivity contribution in [3.63, 3.8) is 0 Å². The molecule has 1 nitrogen and oxygen atoms in total. The lowest BCUT2D eigenvalue weighted by molar-refractivity contribution is 0.989. The Hall–Kier alpha value is -0.0831. The zero-order chi connectivity index (χ0) is 8.91. The van der Waals surface area contributed by atoms with E-state index in [1.807, 2.05) is 6.08 Å². The van der Waals surface area contributed by atoms with Crippen molar-refractivity contribution in [2.75, 3.05) is 0 Å². The van der Waals surface area contributed by atoms with Crippen molar-refractivity contribution in [1.82, 2.24) is 0 Å². The van der Waals surface area contributed by atoms with E-state index < -0.39 is 8.07 Å². The molecular formula is C9H21NSi. The minimum absolute atomic E-state index is 0.294. The first-order chi connectivity index (χ1) is 5.16. The van der Waals surface area contributed by atoms with Crippen molar-refractivity contribution < 1.29 is 0 Å². The summed E-state index contributed by atoms with van der Waals surface area (Å²) < 4.78 is 0. The van der Waals surface area contributed by atoms with Gasteiger partial charge in [-0.1, -0.05) is 45.0 Å². The van der Waals surface area contributed by atoms with Crippen LogP contribution in [0.1, 0.15) is 20.8 Å². The second-order valence-electron chi connectivity index (χ2n) is 3.18. The molecule has 0 aliphatic rings. The van der Waals surface area contributed by atoms with E-state index in [4.69, 9.17) is 5.73 Å². The van der Waals surface area contributed by atoms with Gasteiger partial charge in [0.05, 0.1) is 8.07 Å². The van der Waals surface area contributed by atoms with Crippen LogP contribution in [0.15, 0.2) is 12.7 Å². The van der Waals surface area contributed by atoms with E-state index in [1.165, 1.54) is 18.1 Å². The van der Waals surface area contributed by atoms with Gasteiger partial charge in [0.1, 0.15) is 0 Å². The van der Waals surface area contributed by atoms with E-state index >= 15 is 0 Å². The van der Waals surface area contributed by atoms with Crippen LogP contribution in [0.2, 0.25) is 18.1 Å². The normalized spacial score (nSPS) is 14.5. The molecular weight excluding hydrogens is 150 g/mol. The molecule has 11 heavy (non-hydrogen) atoms. The maximum Gasteiger partial charge on any atom is 0.0763 e. The lowest BCUT2D eigenvalue weighted by Crippen LogP contribution is -2.49. The monoisotopic (exact) mass is 171 g/mol. The van der Waals surface area contributed by atoms with Gasteiger partial charge >= 0.3 is 0 Å². The van der Waals surface area contributed by atoms with E-state index in [0.29, 0.717) is 5.67 Å². The van der Waals surface area contributed by atoms with Gasteiger partial charge in [-0.05, 0) is 0 Å². The van der Waals surface area contributed by atoms with Crippen LogP contribution in [-0.4, -0.2) is 13.7 Å². The zero-order valence-electron chi connectivity index (χ0n) is 8.06. The summed E-state index contributed by atoms with van der Waals surface area (Å²) in [5.74, 6) is 0. The predicted octanol–water partition coefficient (Wildman–Crippen LogP) is 2.55. The third-order valence-corrected chi connectivity index (χ3v) is 8.95. The van der Waals surface area contributed by atoms with Gasteiger partial charge in [0, 0.05) is 5.67 Å². The first-order valence-electron chi connectivity index (χ1n) is 4.55. The molecule has 0 spiro atoms. The van der Waals surface area contributed by atoms with Crippen molar-refractivity contribution in [3.8, 4) is 0 Å². The van der Waals surface area contributed by atoms with Crippen LogP contribution in [0.3, 0.4) is 0 Å². The molecule has 0 aliphatic carbocycles. The van der Waals surface area contributed by atoms with Gasteiger partial charge in [-0.15, -0.1) is 6.58 Å². The van der Waals surface area contributed by atoms with Gasteiger partial charge in [0.25, 0.3) is 0 Å². The maximum absolute atomic E-state index is 6.03. The lowest BCUT2D eigenvalue weighted by Gasteiger charge is -2.32. The van der Waals surface area contributed by atoms with Crippen molar-refractivity contribution in [1.29, 1.82) is 0 Å². The molecule has 0 amide bonds. The minimum atomic E-state index is -1.16. The highest BCUT2D eigenvalue weighted by molar-refractivity contribution is 6.81. The SMILES string of the molecule is C=CC(N)[Si](CC)(CC)CC. The average Bonchev–Trinajstić information content (AvgIpc) is 2.08. The van der Waals surface area contributed by atoms with Gasteiger partial charge < -0.3 is 5.73 Å². The van der Waals surface area contributed by atoms with Crippen LogP contribution in [0.4, 0.5) is 0 Å². The van der Waals surface area contributed by atoms with Crippen molar-refractivity contribution >= 4 is 8.07 Å². The number of nitrogens with two attached hydrogens (primary N) is 1. The molecule has 0 bridgehead atoms. The zero-order valence-corrected chi connectivity index (χ0v) is 9.06. The Morgan fingerprint density at radius 2 is 1.64 bits per heavy atom. The van der Waals surface area contributed by atoms with Crippen LogP contribution < -0.4 is 5.73 Å². The molecule has 66 valence electrons. The summed E-state index contributed by atoms with van der Waals surface area (Å²) in [6, 6.07) is 3.85. The lowest BCUT2D eigenvalue weighted by atomic mass is 10.6. The molecule has 1 unspecified atom stereocenters. The summed E-state index contributed by atoms with van der Waals surface area (Å²) in [5, 5.41) is 0. The molecule has 0 heterocycles. The van der Waals surface area contributed by atoms with Gasteiger partial charge in [-0.2, -0.15) is 0 Å². The molecule has 0 rings (SSSR count).